The van der Waals surface area contributed by atoms with Crippen LogP contribution in [0.5, 0.6) is 23.0 Å². The molecule has 0 spiro atoms. The van der Waals surface area contributed by atoms with Crippen molar-refractivity contribution in [1.29, 1.82) is 0 Å². The number of fused-ring (bicyclic) bond motifs is 1. The molecule has 0 amide bonds. The van der Waals surface area contributed by atoms with E-state index in [1.165, 1.54) is 24.3 Å². The summed E-state index contributed by atoms with van der Waals surface area (Å²) in [7, 11) is 0. The van der Waals surface area contributed by atoms with Gasteiger partial charge in [-0.1, -0.05) is 6.07 Å². The number of aliphatic hydroxyl groups excluding tert-OH is 1. The predicted molar refractivity (Wildman–Crippen MR) is 88.1 cm³/mol. The lowest BCUT2D eigenvalue weighted by Gasteiger charge is -2.23. The summed E-state index contributed by atoms with van der Waals surface area (Å²) >= 11 is 0. The second-order valence-corrected chi connectivity index (χ2v) is 5.20. The van der Waals surface area contributed by atoms with Gasteiger partial charge in [0.2, 0.25) is 0 Å². The lowest BCUT2D eigenvalue weighted by atomic mass is 10.1. The van der Waals surface area contributed by atoms with E-state index in [4.69, 9.17) is 14.6 Å². The number of rotatable bonds is 4. The standard InChI is InChI=1S/C18H14O7/c19-9-16-18(11-3-4-12(20)13(21)8-11)25-14-5-1-10(2-6-17(22)23)7-15(14)24-16/h1-8,19-21H,9H2,(H,22,23)/b6-2+. The van der Waals surface area contributed by atoms with Crippen LogP contribution in [0.25, 0.3) is 11.8 Å². The van der Waals surface area contributed by atoms with Crippen molar-refractivity contribution < 1.29 is 34.7 Å². The number of carboxylic acids is 1. The van der Waals surface area contributed by atoms with Gasteiger partial charge in [0.1, 0.15) is 6.61 Å². The van der Waals surface area contributed by atoms with Crippen molar-refractivity contribution in [2.45, 2.75) is 0 Å². The lowest BCUT2D eigenvalue weighted by Crippen LogP contribution is -2.14. The van der Waals surface area contributed by atoms with E-state index in [0.29, 0.717) is 22.6 Å². The number of aliphatic carboxylic acids is 1. The van der Waals surface area contributed by atoms with E-state index in [-0.39, 0.29) is 23.0 Å². The fourth-order valence-electron chi connectivity index (χ4n) is 2.29. The molecule has 0 bridgehead atoms. The van der Waals surface area contributed by atoms with E-state index in [9.17, 15) is 20.1 Å². The molecular formula is C18H14O7. The van der Waals surface area contributed by atoms with Gasteiger partial charge in [0.25, 0.3) is 0 Å². The largest absolute Gasteiger partial charge is 0.504 e. The second-order valence-electron chi connectivity index (χ2n) is 5.20. The zero-order chi connectivity index (χ0) is 18.0. The molecule has 4 N–H and O–H groups in total. The van der Waals surface area contributed by atoms with Crippen molar-refractivity contribution in [3.8, 4) is 23.0 Å². The molecule has 1 heterocycles. The summed E-state index contributed by atoms with van der Waals surface area (Å²) in [6, 6.07) is 8.93. The molecule has 0 aliphatic carbocycles. The lowest BCUT2D eigenvalue weighted by molar-refractivity contribution is -0.131. The molecule has 0 radical (unpaired) electrons. The van der Waals surface area contributed by atoms with E-state index >= 15 is 0 Å². The van der Waals surface area contributed by atoms with Crippen LogP contribution in [0.4, 0.5) is 0 Å². The Morgan fingerprint density at radius 2 is 1.80 bits per heavy atom. The summed E-state index contributed by atoms with van der Waals surface area (Å²) in [5.74, 6) is -0.653. The number of benzene rings is 2. The Kier molecular flexibility index (Phi) is 4.32. The van der Waals surface area contributed by atoms with Gasteiger partial charge in [-0.15, -0.1) is 0 Å². The predicted octanol–water partition coefficient (Wildman–Crippen LogP) is 2.33. The highest BCUT2D eigenvalue weighted by Crippen LogP contribution is 2.40. The smallest absolute Gasteiger partial charge is 0.328 e. The van der Waals surface area contributed by atoms with Crippen molar-refractivity contribution in [3.05, 3.63) is 59.4 Å². The average Bonchev–Trinajstić information content (AvgIpc) is 2.61. The number of hydrogen-bond donors (Lipinski definition) is 4. The van der Waals surface area contributed by atoms with Gasteiger partial charge in [0.15, 0.2) is 34.5 Å². The van der Waals surface area contributed by atoms with Gasteiger partial charge in [-0.25, -0.2) is 4.79 Å². The van der Waals surface area contributed by atoms with Crippen molar-refractivity contribution >= 4 is 17.8 Å². The Hall–Kier alpha value is -3.45. The summed E-state index contributed by atoms with van der Waals surface area (Å²) in [5.41, 5.74) is 1.01. The van der Waals surface area contributed by atoms with E-state index in [1.54, 1.807) is 18.2 Å². The van der Waals surface area contributed by atoms with Crippen molar-refractivity contribution in [2.75, 3.05) is 6.61 Å². The van der Waals surface area contributed by atoms with Gasteiger partial charge < -0.3 is 29.9 Å². The highest BCUT2D eigenvalue weighted by atomic mass is 16.6. The number of aliphatic hydroxyl groups is 1. The maximum Gasteiger partial charge on any atom is 0.328 e. The SMILES string of the molecule is O=C(O)/C=C/c1ccc2c(c1)OC(CO)=C(c1ccc(O)c(O)c1)O2. The Labute approximate surface area is 142 Å². The first-order valence-electron chi connectivity index (χ1n) is 7.25. The third kappa shape index (κ3) is 3.41. The molecule has 2 aromatic carbocycles. The molecule has 7 heteroatoms. The number of aromatic hydroxyl groups is 2. The van der Waals surface area contributed by atoms with Gasteiger partial charge >= 0.3 is 5.97 Å². The third-order valence-corrected chi connectivity index (χ3v) is 3.47. The van der Waals surface area contributed by atoms with Crippen molar-refractivity contribution in [3.63, 3.8) is 0 Å². The molecule has 128 valence electrons. The maximum absolute atomic E-state index is 10.6. The fraction of sp³-hybridized carbons (Fsp3) is 0.0556. The summed E-state index contributed by atoms with van der Waals surface area (Å²) in [6.45, 7) is -0.453. The van der Waals surface area contributed by atoms with Crippen LogP contribution in [0, 0.1) is 0 Å². The molecule has 1 aliphatic heterocycles. The summed E-state index contributed by atoms with van der Waals surface area (Å²) in [4.78, 5) is 10.6. The van der Waals surface area contributed by atoms with Crippen LogP contribution in [-0.4, -0.2) is 33.0 Å². The normalized spacial score (nSPS) is 13.3. The van der Waals surface area contributed by atoms with E-state index < -0.39 is 12.6 Å². The minimum absolute atomic E-state index is 0.122. The topological polar surface area (TPSA) is 116 Å². The molecule has 0 saturated carbocycles. The number of carboxylic acid groups (broad SMARTS) is 1. The summed E-state index contributed by atoms with van der Waals surface area (Å²) in [5, 5.41) is 37.3. The molecule has 0 unspecified atom stereocenters. The monoisotopic (exact) mass is 342 g/mol. The Balaban J connectivity index is 1.96. The van der Waals surface area contributed by atoms with E-state index in [1.807, 2.05) is 0 Å². The molecule has 1 aliphatic rings. The van der Waals surface area contributed by atoms with Gasteiger partial charge in [-0.3, -0.25) is 0 Å². The second kappa shape index (κ2) is 6.58. The molecule has 2 aromatic rings. The van der Waals surface area contributed by atoms with Crippen LogP contribution >= 0.6 is 0 Å². The number of phenolic OH excluding ortho intramolecular Hbond substituents is 2. The Morgan fingerprint density at radius 1 is 1.00 bits per heavy atom. The van der Waals surface area contributed by atoms with Gasteiger partial charge in [0.05, 0.1) is 0 Å². The van der Waals surface area contributed by atoms with Crippen LogP contribution in [0.15, 0.2) is 48.2 Å². The first-order chi connectivity index (χ1) is 12.0. The summed E-state index contributed by atoms with van der Waals surface area (Å²) < 4.78 is 11.4. The van der Waals surface area contributed by atoms with E-state index in [2.05, 4.69) is 0 Å². The average molecular weight is 342 g/mol. The van der Waals surface area contributed by atoms with Crippen LogP contribution < -0.4 is 9.47 Å². The number of hydrogen-bond acceptors (Lipinski definition) is 6. The molecule has 0 aromatic heterocycles. The van der Waals surface area contributed by atoms with Gasteiger partial charge in [-0.05, 0) is 42.0 Å². The molecule has 7 nitrogen and oxygen atoms in total. The molecule has 25 heavy (non-hydrogen) atoms. The molecular weight excluding hydrogens is 328 g/mol. The van der Waals surface area contributed by atoms with Gasteiger partial charge in [0, 0.05) is 11.6 Å². The van der Waals surface area contributed by atoms with Crippen LogP contribution in [0.1, 0.15) is 11.1 Å². The van der Waals surface area contributed by atoms with Crippen molar-refractivity contribution in [1.82, 2.24) is 0 Å². The highest BCUT2D eigenvalue weighted by molar-refractivity contribution is 5.85. The fourth-order valence-corrected chi connectivity index (χ4v) is 2.29. The Bertz CT molecular complexity index is 896. The van der Waals surface area contributed by atoms with Crippen LogP contribution in [0.3, 0.4) is 0 Å². The zero-order valence-electron chi connectivity index (χ0n) is 12.8. The minimum Gasteiger partial charge on any atom is -0.504 e. The van der Waals surface area contributed by atoms with Crippen LogP contribution in [-0.2, 0) is 4.79 Å². The zero-order valence-corrected chi connectivity index (χ0v) is 12.8. The number of carbonyl (C=O) groups is 1. The summed E-state index contributed by atoms with van der Waals surface area (Å²) in [6.07, 6.45) is 2.40. The first kappa shape index (κ1) is 16.4. The quantitative estimate of drug-likeness (QED) is 0.498. The third-order valence-electron chi connectivity index (χ3n) is 3.47. The minimum atomic E-state index is -1.07. The molecule has 0 fully saturated rings. The molecule has 3 rings (SSSR count). The van der Waals surface area contributed by atoms with E-state index in [0.717, 1.165) is 6.08 Å². The Morgan fingerprint density at radius 3 is 2.48 bits per heavy atom. The first-order valence-corrected chi connectivity index (χ1v) is 7.25. The van der Waals surface area contributed by atoms with Crippen molar-refractivity contribution in [2.24, 2.45) is 0 Å². The highest BCUT2D eigenvalue weighted by Gasteiger charge is 2.23. The van der Waals surface area contributed by atoms with Crippen LogP contribution in [0.2, 0.25) is 0 Å². The van der Waals surface area contributed by atoms with Gasteiger partial charge in [-0.2, -0.15) is 0 Å². The maximum atomic E-state index is 10.6. The molecule has 0 atom stereocenters. The molecule has 0 saturated heterocycles. The number of phenols is 2. The number of ether oxygens (including phenoxy) is 2.